The van der Waals surface area contributed by atoms with Crippen molar-refractivity contribution < 1.29 is 14.7 Å². The molecule has 1 atom stereocenters. The molecule has 1 saturated carbocycles. The first-order valence-electron chi connectivity index (χ1n) is 9.97. The molecule has 2 aliphatic heterocycles. The van der Waals surface area contributed by atoms with Crippen LogP contribution < -0.4 is 5.32 Å². The van der Waals surface area contributed by atoms with Gasteiger partial charge in [-0.2, -0.15) is 0 Å². The van der Waals surface area contributed by atoms with E-state index >= 15 is 0 Å². The highest BCUT2D eigenvalue weighted by molar-refractivity contribution is 5.79. The molecule has 142 valence electrons. The van der Waals surface area contributed by atoms with Crippen LogP contribution in [0.5, 0.6) is 0 Å². The van der Waals surface area contributed by atoms with E-state index in [-0.39, 0.29) is 11.6 Å². The minimum absolute atomic E-state index is 0.0908. The third-order valence-electron chi connectivity index (χ3n) is 6.66. The SMILES string of the molecule is CC1(C(=O)O)CCN(C(=O)NCC2(N3CCCCC3)CCCCC2)C1. The van der Waals surface area contributed by atoms with Gasteiger partial charge < -0.3 is 15.3 Å². The topological polar surface area (TPSA) is 72.9 Å². The van der Waals surface area contributed by atoms with Gasteiger partial charge in [-0.25, -0.2) is 4.79 Å². The van der Waals surface area contributed by atoms with Gasteiger partial charge in [0.15, 0.2) is 0 Å². The molecule has 6 heteroatoms. The van der Waals surface area contributed by atoms with Crippen LogP contribution in [0.25, 0.3) is 0 Å². The Balaban J connectivity index is 1.59. The summed E-state index contributed by atoms with van der Waals surface area (Å²) in [6, 6.07) is -0.0908. The Labute approximate surface area is 150 Å². The van der Waals surface area contributed by atoms with Crippen LogP contribution in [0.3, 0.4) is 0 Å². The summed E-state index contributed by atoms with van der Waals surface area (Å²) < 4.78 is 0. The summed E-state index contributed by atoms with van der Waals surface area (Å²) in [7, 11) is 0. The van der Waals surface area contributed by atoms with Gasteiger partial charge in [-0.15, -0.1) is 0 Å². The zero-order chi connectivity index (χ0) is 17.9. The Bertz CT molecular complexity index is 498. The van der Waals surface area contributed by atoms with Crippen molar-refractivity contribution in [1.82, 2.24) is 15.1 Å². The average Bonchev–Trinajstić information content (AvgIpc) is 3.05. The molecule has 0 aromatic carbocycles. The number of carboxylic acid groups (broad SMARTS) is 1. The summed E-state index contributed by atoms with van der Waals surface area (Å²) in [6.45, 7) is 5.58. The molecule has 2 heterocycles. The van der Waals surface area contributed by atoms with Crippen molar-refractivity contribution in [3.8, 4) is 0 Å². The molecule has 3 rings (SSSR count). The molecule has 25 heavy (non-hydrogen) atoms. The fourth-order valence-corrected chi connectivity index (χ4v) is 4.84. The molecular weight excluding hydrogens is 318 g/mol. The van der Waals surface area contributed by atoms with Crippen molar-refractivity contribution in [1.29, 1.82) is 0 Å². The third-order valence-corrected chi connectivity index (χ3v) is 6.66. The van der Waals surface area contributed by atoms with E-state index in [1.165, 1.54) is 51.4 Å². The molecule has 0 bridgehead atoms. The Hall–Kier alpha value is -1.30. The Morgan fingerprint density at radius 3 is 2.20 bits per heavy atom. The van der Waals surface area contributed by atoms with Crippen molar-refractivity contribution in [2.45, 2.75) is 70.3 Å². The van der Waals surface area contributed by atoms with E-state index in [2.05, 4.69) is 10.2 Å². The minimum Gasteiger partial charge on any atom is -0.481 e. The number of hydrogen-bond donors (Lipinski definition) is 2. The predicted octanol–water partition coefficient (Wildman–Crippen LogP) is 2.68. The number of hydrogen-bond acceptors (Lipinski definition) is 3. The molecular formula is C19H33N3O3. The summed E-state index contributed by atoms with van der Waals surface area (Å²) in [5.74, 6) is -0.806. The van der Waals surface area contributed by atoms with Crippen molar-refractivity contribution >= 4 is 12.0 Å². The summed E-state index contributed by atoms with van der Waals surface area (Å²) in [6.07, 6.45) is 10.5. The fourth-order valence-electron chi connectivity index (χ4n) is 4.84. The summed E-state index contributed by atoms with van der Waals surface area (Å²) in [4.78, 5) is 28.3. The number of piperidine rings is 1. The maximum absolute atomic E-state index is 12.6. The van der Waals surface area contributed by atoms with Gasteiger partial charge in [0, 0.05) is 25.2 Å². The molecule has 0 aromatic heterocycles. The van der Waals surface area contributed by atoms with Gasteiger partial charge in [0.05, 0.1) is 5.41 Å². The summed E-state index contributed by atoms with van der Waals surface area (Å²) in [5.41, 5.74) is -0.684. The number of carbonyl (C=O) groups excluding carboxylic acids is 1. The number of carboxylic acids is 1. The zero-order valence-corrected chi connectivity index (χ0v) is 15.6. The van der Waals surface area contributed by atoms with E-state index in [0.29, 0.717) is 26.1 Å². The lowest BCUT2D eigenvalue weighted by Gasteiger charge is -2.48. The second kappa shape index (κ2) is 7.52. The Morgan fingerprint density at radius 1 is 0.960 bits per heavy atom. The number of nitrogens with one attached hydrogen (secondary N) is 1. The van der Waals surface area contributed by atoms with Crippen molar-refractivity contribution in [3.05, 3.63) is 0 Å². The molecule has 2 saturated heterocycles. The first-order chi connectivity index (χ1) is 12.0. The molecule has 6 nitrogen and oxygen atoms in total. The van der Waals surface area contributed by atoms with E-state index < -0.39 is 11.4 Å². The Morgan fingerprint density at radius 2 is 1.60 bits per heavy atom. The number of nitrogens with zero attached hydrogens (tertiary/aromatic N) is 2. The highest BCUT2D eigenvalue weighted by Gasteiger charge is 2.43. The van der Waals surface area contributed by atoms with Gasteiger partial charge in [-0.05, 0) is 52.1 Å². The molecule has 0 radical (unpaired) electrons. The predicted molar refractivity (Wildman–Crippen MR) is 96.6 cm³/mol. The van der Waals surface area contributed by atoms with E-state index in [1.54, 1.807) is 11.8 Å². The van der Waals surface area contributed by atoms with Crippen LogP contribution in [0, 0.1) is 5.41 Å². The lowest BCUT2D eigenvalue weighted by atomic mass is 9.79. The second-order valence-electron chi connectivity index (χ2n) is 8.53. The number of urea groups is 1. The maximum Gasteiger partial charge on any atom is 0.317 e. The lowest BCUT2D eigenvalue weighted by molar-refractivity contribution is -0.147. The second-order valence-corrected chi connectivity index (χ2v) is 8.53. The van der Waals surface area contributed by atoms with E-state index in [9.17, 15) is 14.7 Å². The highest BCUT2D eigenvalue weighted by atomic mass is 16.4. The number of likely N-dealkylation sites (tertiary alicyclic amines) is 2. The summed E-state index contributed by atoms with van der Waals surface area (Å²) >= 11 is 0. The first-order valence-corrected chi connectivity index (χ1v) is 9.97. The molecule has 2 N–H and O–H groups in total. The van der Waals surface area contributed by atoms with Crippen LogP contribution in [0.2, 0.25) is 0 Å². The van der Waals surface area contributed by atoms with Crippen molar-refractivity contribution in [2.24, 2.45) is 5.41 Å². The quantitative estimate of drug-likeness (QED) is 0.817. The Kier molecular flexibility index (Phi) is 5.56. The standard InChI is InChI=1S/C19H33N3O3/c1-18(16(23)24)10-13-21(15-18)17(25)20-14-19(8-4-2-5-9-19)22-11-6-3-7-12-22/h2-15H2,1H3,(H,20,25)(H,23,24). The normalized spacial score (nSPS) is 30.2. The minimum atomic E-state index is -0.806. The molecule has 0 spiro atoms. The van der Waals surface area contributed by atoms with Crippen LogP contribution in [0.4, 0.5) is 4.79 Å². The van der Waals surface area contributed by atoms with E-state index in [4.69, 9.17) is 0 Å². The zero-order valence-electron chi connectivity index (χ0n) is 15.6. The smallest absolute Gasteiger partial charge is 0.317 e. The van der Waals surface area contributed by atoms with Gasteiger partial charge in [-0.3, -0.25) is 9.69 Å². The van der Waals surface area contributed by atoms with Crippen molar-refractivity contribution in [3.63, 3.8) is 0 Å². The van der Waals surface area contributed by atoms with Gasteiger partial charge >= 0.3 is 12.0 Å². The van der Waals surface area contributed by atoms with Crippen LogP contribution >= 0.6 is 0 Å². The third kappa shape index (κ3) is 3.94. The van der Waals surface area contributed by atoms with Crippen LogP contribution in [-0.2, 0) is 4.79 Å². The lowest BCUT2D eigenvalue weighted by Crippen LogP contribution is -2.59. The number of amides is 2. The monoisotopic (exact) mass is 351 g/mol. The summed E-state index contributed by atoms with van der Waals surface area (Å²) in [5, 5.41) is 12.5. The molecule has 3 aliphatic rings. The number of aliphatic carboxylic acids is 1. The molecule has 1 unspecified atom stereocenters. The number of carbonyl (C=O) groups is 2. The molecule has 2 amide bonds. The van der Waals surface area contributed by atoms with Crippen LogP contribution in [-0.4, -0.2) is 65.2 Å². The van der Waals surface area contributed by atoms with Crippen molar-refractivity contribution in [2.75, 3.05) is 32.7 Å². The van der Waals surface area contributed by atoms with Gasteiger partial charge in [0.2, 0.25) is 0 Å². The van der Waals surface area contributed by atoms with Crippen LogP contribution in [0.15, 0.2) is 0 Å². The highest BCUT2D eigenvalue weighted by Crippen LogP contribution is 2.35. The fraction of sp³-hybridized carbons (Fsp3) is 0.895. The maximum atomic E-state index is 12.6. The van der Waals surface area contributed by atoms with Gasteiger partial charge in [0.1, 0.15) is 0 Å². The molecule has 1 aliphatic carbocycles. The van der Waals surface area contributed by atoms with E-state index in [0.717, 1.165) is 13.1 Å². The molecule has 3 fully saturated rings. The first kappa shape index (κ1) is 18.5. The van der Waals surface area contributed by atoms with E-state index in [1.807, 2.05) is 0 Å². The van der Waals surface area contributed by atoms with Gasteiger partial charge in [0.25, 0.3) is 0 Å². The average molecular weight is 351 g/mol. The van der Waals surface area contributed by atoms with Gasteiger partial charge in [-0.1, -0.05) is 25.7 Å². The van der Waals surface area contributed by atoms with Crippen LogP contribution in [0.1, 0.15) is 64.7 Å². The molecule has 0 aromatic rings. The largest absolute Gasteiger partial charge is 0.481 e. The number of rotatable bonds is 4.